The molecular formula is C19H29IN6O. The number of guanidine groups is 1. The number of benzene rings is 1. The summed E-state index contributed by atoms with van der Waals surface area (Å²) in [7, 11) is 5.97. The second-order valence-electron chi connectivity index (χ2n) is 6.72. The highest BCUT2D eigenvalue weighted by molar-refractivity contribution is 14.0. The van der Waals surface area contributed by atoms with E-state index in [1.54, 1.807) is 6.26 Å². The molecule has 0 spiro atoms. The maximum atomic E-state index is 4.91. The zero-order valence-electron chi connectivity index (χ0n) is 16.3. The molecule has 0 unspecified atom stereocenters. The van der Waals surface area contributed by atoms with Crippen LogP contribution < -0.4 is 10.2 Å². The standard InChI is InChI=1S/C19H28N6O.HI/c1-20-19(21-14-16-5-4-6-18(13-16)23(2)3)25-10-8-24(9-11-25)15-17-7-12-26-22-17;/h4-7,12-13H,8-11,14-15H2,1-3H3,(H,20,21);1H. The van der Waals surface area contributed by atoms with Crippen LogP contribution in [0.4, 0.5) is 5.69 Å². The lowest BCUT2D eigenvalue weighted by Crippen LogP contribution is -2.52. The van der Waals surface area contributed by atoms with Crippen LogP contribution in [0.25, 0.3) is 0 Å². The first-order chi connectivity index (χ1) is 12.7. The minimum Gasteiger partial charge on any atom is -0.378 e. The van der Waals surface area contributed by atoms with E-state index in [2.05, 4.69) is 68.5 Å². The molecule has 2 aromatic rings. The normalized spacial score (nSPS) is 15.4. The number of rotatable bonds is 5. The summed E-state index contributed by atoms with van der Waals surface area (Å²) >= 11 is 0. The summed E-state index contributed by atoms with van der Waals surface area (Å²) < 4.78 is 4.91. The second kappa shape index (κ2) is 10.5. The van der Waals surface area contributed by atoms with Crippen LogP contribution in [-0.2, 0) is 13.1 Å². The van der Waals surface area contributed by atoms with Crippen molar-refractivity contribution in [3.63, 3.8) is 0 Å². The van der Waals surface area contributed by atoms with Gasteiger partial charge in [-0.3, -0.25) is 9.89 Å². The molecule has 0 aliphatic carbocycles. The lowest BCUT2D eigenvalue weighted by molar-refractivity contribution is 0.169. The molecule has 3 rings (SSSR count). The van der Waals surface area contributed by atoms with E-state index in [4.69, 9.17) is 4.52 Å². The van der Waals surface area contributed by atoms with Crippen LogP contribution in [0.1, 0.15) is 11.3 Å². The second-order valence-corrected chi connectivity index (χ2v) is 6.72. The first kappa shape index (κ1) is 21.5. The summed E-state index contributed by atoms with van der Waals surface area (Å²) in [4.78, 5) is 11.3. The fourth-order valence-corrected chi connectivity index (χ4v) is 3.12. The van der Waals surface area contributed by atoms with Gasteiger partial charge in [0.2, 0.25) is 0 Å². The number of hydrogen-bond acceptors (Lipinski definition) is 5. The third kappa shape index (κ3) is 6.10. The number of aliphatic imine (C=N–C) groups is 1. The molecule has 0 bridgehead atoms. The molecule has 1 N–H and O–H groups in total. The molecule has 1 aromatic heterocycles. The first-order valence-corrected chi connectivity index (χ1v) is 8.99. The van der Waals surface area contributed by atoms with E-state index in [0.29, 0.717) is 0 Å². The van der Waals surface area contributed by atoms with E-state index in [1.807, 2.05) is 13.1 Å². The van der Waals surface area contributed by atoms with Crippen LogP contribution in [0.2, 0.25) is 0 Å². The molecule has 1 aliphatic rings. The highest BCUT2D eigenvalue weighted by atomic mass is 127. The summed E-state index contributed by atoms with van der Waals surface area (Å²) in [5.74, 6) is 0.960. The summed E-state index contributed by atoms with van der Waals surface area (Å²) in [5.41, 5.74) is 3.45. The van der Waals surface area contributed by atoms with Gasteiger partial charge in [0.1, 0.15) is 6.26 Å². The maximum Gasteiger partial charge on any atom is 0.194 e. The average molecular weight is 484 g/mol. The molecule has 1 saturated heterocycles. The molecule has 0 saturated carbocycles. The number of aromatic nitrogens is 1. The summed E-state index contributed by atoms with van der Waals surface area (Å²) in [6.07, 6.45) is 1.63. The lowest BCUT2D eigenvalue weighted by Gasteiger charge is -2.36. The fraction of sp³-hybridized carbons (Fsp3) is 0.474. The van der Waals surface area contributed by atoms with E-state index in [9.17, 15) is 0 Å². The van der Waals surface area contributed by atoms with Gasteiger partial charge in [-0.2, -0.15) is 0 Å². The van der Waals surface area contributed by atoms with Crippen molar-refractivity contribution >= 4 is 35.6 Å². The van der Waals surface area contributed by atoms with E-state index >= 15 is 0 Å². The van der Waals surface area contributed by atoms with Crippen LogP contribution >= 0.6 is 24.0 Å². The van der Waals surface area contributed by atoms with Gasteiger partial charge in [0.05, 0.1) is 5.69 Å². The van der Waals surface area contributed by atoms with Crippen LogP contribution in [0.15, 0.2) is 46.1 Å². The van der Waals surface area contributed by atoms with E-state index in [0.717, 1.165) is 50.9 Å². The van der Waals surface area contributed by atoms with Gasteiger partial charge in [-0.15, -0.1) is 24.0 Å². The molecule has 7 nitrogen and oxygen atoms in total. The Morgan fingerprint density at radius 2 is 2.00 bits per heavy atom. The van der Waals surface area contributed by atoms with Crippen LogP contribution in [0, 0.1) is 0 Å². The quantitative estimate of drug-likeness (QED) is 0.399. The molecule has 1 aromatic carbocycles. The SMILES string of the molecule is CN=C(NCc1cccc(N(C)C)c1)N1CCN(Cc2ccon2)CC1.I. The van der Waals surface area contributed by atoms with Gasteiger partial charge in [0, 0.05) is 72.2 Å². The largest absolute Gasteiger partial charge is 0.378 e. The van der Waals surface area contributed by atoms with Gasteiger partial charge in [-0.05, 0) is 17.7 Å². The van der Waals surface area contributed by atoms with Crippen molar-refractivity contribution in [2.75, 3.05) is 52.2 Å². The first-order valence-electron chi connectivity index (χ1n) is 8.99. The van der Waals surface area contributed by atoms with Gasteiger partial charge < -0.3 is 19.6 Å². The van der Waals surface area contributed by atoms with E-state index in [-0.39, 0.29) is 24.0 Å². The average Bonchev–Trinajstić information content (AvgIpc) is 3.17. The Morgan fingerprint density at radius 1 is 1.22 bits per heavy atom. The van der Waals surface area contributed by atoms with Gasteiger partial charge >= 0.3 is 0 Å². The molecule has 0 amide bonds. The maximum absolute atomic E-state index is 4.91. The van der Waals surface area contributed by atoms with Gasteiger partial charge in [0.15, 0.2) is 5.96 Å². The molecule has 1 aliphatic heterocycles. The monoisotopic (exact) mass is 484 g/mol. The minimum atomic E-state index is 0. The number of piperazine rings is 1. The third-order valence-electron chi connectivity index (χ3n) is 4.64. The Labute approximate surface area is 178 Å². The predicted octanol–water partition coefficient (Wildman–Crippen LogP) is 2.25. The van der Waals surface area contributed by atoms with Crippen molar-refractivity contribution in [3.05, 3.63) is 47.9 Å². The minimum absolute atomic E-state index is 0. The molecule has 1 fully saturated rings. The number of halogens is 1. The predicted molar refractivity (Wildman–Crippen MR) is 120 cm³/mol. The molecule has 0 radical (unpaired) electrons. The Hall–Kier alpha value is -1.81. The molecule has 8 heteroatoms. The van der Waals surface area contributed by atoms with Crippen molar-refractivity contribution in [3.8, 4) is 0 Å². The van der Waals surface area contributed by atoms with Crippen molar-refractivity contribution in [1.29, 1.82) is 0 Å². The molecule has 148 valence electrons. The summed E-state index contributed by atoms with van der Waals surface area (Å²) in [6, 6.07) is 10.5. The van der Waals surface area contributed by atoms with Gasteiger partial charge in [-0.1, -0.05) is 17.3 Å². The zero-order valence-corrected chi connectivity index (χ0v) is 18.6. The number of nitrogens with one attached hydrogen (secondary N) is 1. The highest BCUT2D eigenvalue weighted by Gasteiger charge is 2.20. The number of anilines is 1. The molecule has 2 heterocycles. The number of hydrogen-bond donors (Lipinski definition) is 1. The van der Waals surface area contributed by atoms with Crippen molar-refractivity contribution in [2.45, 2.75) is 13.1 Å². The van der Waals surface area contributed by atoms with Crippen molar-refractivity contribution < 1.29 is 4.52 Å². The van der Waals surface area contributed by atoms with Gasteiger partial charge in [0.25, 0.3) is 0 Å². The number of nitrogens with zero attached hydrogens (tertiary/aromatic N) is 5. The molecule has 27 heavy (non-hydrogen) atoms. The zero-order chi connectivity index (χ0) is 18.4. The van der Waals surface area contributed by atoms with Gasteiger partial charge in [-0.25, -0.2) is 0 Å². The summed E-state index contributed by atoms with van der Waals surface area (Å²) in [5, 5.41) is 7.49. The Bertz CT molecular complexity index is 711. The van der Waals surface area contributed by atoms with Crippen LogP contribution in [-0.4, -0.2) is 68.2 Å². The molecule has 0 atom stereocenters. The van der Waals surface area contributed by atoms with Crippen LogP contribution in [0.3, 0.4) is 0 Å². The van der Waals surface area contributed by atoms with Crippen molar-refractivity contribution in [2.24, 2.45) is 4.99 Å². The Morgan fingerprint density at radius 3 is 2.63 bits per heavy atom. The van der Waals surface area contributed by atoms with E-state index in [1.165, 1.54) is 11.3 Å². The Balaban J connectivity index is 0.00000261. The highest BCUT2D eigenvalue weighted by Crippen LogP contribution is 2.13. The van der Waals surface area contributed by atoms with E-state index < -0.39 is 0 Å². The Kier molecular flexibility index (Phi) is 8.36. The van der Waals surface area contributed by atoms with Crippen LogP contribution in [0.5, 0.6) is 0 Å². The van der Waals surface area contributed by atoms with Crippen molar-refractivity contribution in [1.82, 2.24) is 20.3 Å². The summed E-state index contributed by atoms with van der Waals surface area (Å²) in [6.45, 7) is 5.50. The molecular weight excluding hydrogens is 455 g/mol. The fourth-order valence-electron chi connectivity index (χ4n) is 3.12. The third-order valence-corrected chi connectivity index (χ3v) is 4.64. The topological polar surface area (TPSA) is 60.1 Å². The lowest BCUT2D eigenvalue weighted by atomic mass is 10.2. The smallest absolute Gasteiger partial charge is 0.194 e.